The van der Waals surface area contributed by atoms with Crippen molar-refractivity contribution >= 4 is 29.0 Å². The molecule has 1 atom stereocenters. The fourth-order valence-electron chi connectivity index (χ4n) is 3.79. The van der Waals surface area contributed by atoms with Gasteiger partial charge >= 0.3 is 0 Å². The van der Waals surface area contributed by atoms with E-state index >= 15 is 0 Å². The van der Waals surface area contributed by atoms with Gasteiger partial charge in [-0.15, -0.1) is 0 Å². The predicted octanol–water partition coefficient (Wildman–Crippen LogP) is 4.53. The van der Waals surface area contributed by atoms with Crippen LogP contribution in [0.1, 0.15) is 18.4 Å². The Labute approximate surface area is 191 Å². The largest absolute Gasteiger partial charge is 0.497 e. The molecule has 162 valence electrons. The van der Waals surface area contributed by atoms with Crippen molar-refractivity contribution in [3.05, 3.63) is 65.4 Å². The average Bonchev–Trinajstić information content (AvgIpc) is 2.84. The Bertz CT molecular complexity index is 1160. The molecule has 2 aromatic carbocycles. The molecule has 1 amide bonds. The molecule has 1 saturated heterocycles. The van der Waals surface area contributed by atoms with E-state index in [0.717, 1.165) is 42.2 Å². The molecule has 0 radical (unpaired) electrons. The van der Waals surface area contributed by atoms with Crippen LogP contribution in [0.2, 0.25) is 5.02 Å². The van der Waals surface area contributed by atoms with E-state index in [1.807, 2.05) is 30.3 Å². The molecule has 0 bridgehead atoms. The summed E-state index contributed by atoms with van der Waals surface area (Å²) >= 11 is 6.04. The molecule has 1 fully saturated rings. The highest BCUT2D eigenvalue weighted by Crippen LogP contribution is 2.27. The van der Waals surface area contributed by atoms with Crippen LogP contribution in [0.3, 0.4) is 0 Å². The third kappa shape index (κ3) is 4.82. The summed E-state index contributed by atoms with van der Waals surface area (Å²) in [5.74, 6) is 1.21. The van der Waals surface area contributed by atoms with Crippen LogP contribution in [0.25, 0.3) is 11.3 Å². The molecule has 1 N–H and O–H groups in total. The number of carbonyl (C=O) groups excluding carboxylic acids is 1. The lowest BCUT2D eigenvalue weighted by Gasteiger charge is -2.33. The van der Waals surface area contributed by atoms with Crippen molar-refractivity contribution in [3.63, 3.8) is 0 Å². The number of carbonyl (C=O) groups is 1. The van der Waals surface area contributed by atoms with Crippen LogP contribution in [0.4, 0.5) is 11.5 Å². The van der Waals surface area contributed by atoms with Crippen LogP contribution in [0.15, 0.2) is 54.9 Å². The number of piperidine rings is 1. The molecule has 0 saturated carbocycles. The van der Waals surface area contributed by atoms with Gasteiger partial charge in [0, 0.05) is 29.7 Å². The van der Waals surface area contributed by atoms with Gasteiger partial charge in [0.25, 0.3) is 0 Å². The van der Waals surface area contributed by atoms with E-state index < -0.39 is 0 Å². The van der Waals surface area contributed by atoms with E-state index in [2.05, 4.69) is 26.3 Å². The highest BCUT2D eigenvalue weighted by molar-refractivity contribution is 6.31. The van der Waals surface area contributed by atoms with Gasteiger partial charge in [-0.05, 0) is 55.3 Å². The van der Waals surface area contributed by atoms with Gasteiger partial charge in [-0.25, -0.2) is 9.97 Å². The number of anilines is 2. The zero-order valence-electron chi connectivity index (χ0n) is 17.6. The predicted molar refractivity (Wildman–Crippen MR) is 124 cm³/mol. The second kappa shape index (κ2) is 9.67. The number of hydrogen-bond donors (Lipinski definition) is 1. The number of methoxy groups -OCH3 is 1. The van der Waals surface area contributed by atoms with Crippen LogP contribution in [0.5, 0.6) is 5.75 Å². The van der Waals surface area contributed by atoms with Gasteiger partial charge in [0.1, 0.15) is 24.0 Å². The molecule has 4 rings (SSSR count). The van der Waals surface area contributed by atoms with Gasteiger partial charge in [0.15, 0.2) is 0 Å². The first-order chi connectivity index (χ1) is 15.6. The number of rotatable bonds is 5. The Morgan fingerprint density at radius 3 is 2.78 bits per heavy atom. The molecular formula is C24H22ClN5O2. The van der Waals surface area contributed by atoms with Crippen LogP contribution < -0.4 is 15.0 Å². The first-order valence-corrected chi connectivity index (χ1v) is 10.7. The smallest absolute Gasteiger partial charge is 0.229 e. The van der Waals surface area contributed by atoms with Crippen LogP contribution >= 0.6 is 11.6 Å². The zero-order chi connectivity index (χ0) is 22.5. The number of nitrogens with one attached hydrogen (secondary N) is 1. The van der Waals surface area contributed by atoms with Crippen molar-refractivity contribution in [2.24, 2.45) is 5.92 Å². The average molecular weight is 448 g/mol. The minimum atomic E-state index is -0.228. The van der Waals surface area contributed by atoms with Crippen molar-refractivity contribution in [1.82, 2.24) is 9.97 Å². The van der Waals surface area contributed by atoms with Gasteiger partial charge < -0.3 is 15.0 Å². The number of amides is 1. The Balaban J connectivity index is 1.49. The summed E-state index contributed by atoms with van der Waals surface area (Å²) in [5.41, 5.74) is 2.59. The molecule has 1 aliphatic heterocycles. The first-order valence-electron chi connectivity index (χ1n) is 10.3. The van der Waals surface area contributed by atoms with E-state index in [4.69, 9.17) is 16.3 Å². The lowest BCUT2D eigenvalue weighted by Crippen LogP contribution is -2.41. The minimum Gasteiger partial charge on any atom is -0.497 e. The first kappa shape index (κ1) is 21.6. The molecule has 0 spiro atoms. The summed E-state index contributed by atoms with van der Waals surface area (Å²) in [5, 5.41) is 12.6. The van der Waals surface area contributed by atoms with E-state index in [0.29, 0.717) is 22.8 Å². The highest BCUT2D eigenvalue weighted by atomic mass is 35.5. The second-order valence-corrected chi connectivity index (χ2v) is 8.00. The summed E-state index contributed by atoms with van der Waals surface area (Å²) in [6.07, 6.45) is 3.17. The maximum absolute atomic E-state index is 12.9. The summed E-state index contributed by atoms with van der Waals surface area (Å²) in [4.78, 5) is 23.9. The van der Waals surface area contributed by atoms with Crippen molar-refractivity contribution < 1.29 is 9.53 Å². The highest BCUT2D eigenvalue weighted by Gasteiger charge is 2.27. The summed E-state index contributed by atoms with van der Waals surface area (Å²) in [7, 11) is 1.63. The maximum Gasteiger partial charge on any atom is 0.229 e. The monoisotopic (exact) mass is 447 g/mol. The molecule has 32 heavy (non-hydrogen) atoms. The van der Waals surface area contributed by atoms with E-state index in [1.165, 1.54) is 0 Å². The molecule has 1 aromatic heterocycles. The Morgan fingerprint density at radius 2 is 2.03 bits per heavy atom. The molecule has 7 nitrogen and oxygen atoms in total. The quantitative estimate of drug-likeness (QED) is 0.617. The summed E-state index contributed by atoms with van der Waals surface area (Å²) in [6, 6.07) is 16.6. The minimum absolute atomic E-state index is 0.127. The number of halogens is 1. The Hall–Kier alpha value is -3.63. The van der Waals surface area contributed by atoms with Crippen molar-refractivity contribution in [2.45, 2.75) is 12.8 Å². The van der Waals surface area contributed by atoms with Gasteiger partial charge in [0.2, 0.25) is 5.91 Å². The van der Waals surface area contributed by atoms with Crippen molar-refractivity contribution in [1.29, 1.82) is 5.26 Å². The molecular weight excluding hydrogens is 426 g/mol. The van der Waals surface area contributed by atoms with E-state index in [-0.39, 0.29) is 11.8 Å². The topological polar surface area (TPSA) is 91.1 Å². The van der Waals surface area contributed by atoms with E-state index in [1.54, 1.807) is 31.6 Å². The molecule has 1 unspecified atom stereocenters. The number of ether oxygens (including phenoxy) is 1. The van der Waals surface area contributed by atoms with Crippen LogP contribution in [0, 0.1) is 17.2 Å². The summed E-state index contributed by atoms with van der Waals surface area (Å²) < 4.78 is 5.22. The third-order valence-electron chi connectivity index (χ3n) is 5.51. The fourth-order valence-corrected chi connectivity index (χ4v) is 3.96. The Kier molecular flexibility index (Phi) is 6.52. The molecule has 3 aromatic rings. The SMILES string of the molecule is COc1ccc(-c2cc(N3CCCC(C(=O)Nc4cc(Cl)ccc4C#N)C3)ncn2)cc1. The summed E-state index contributed by atoms with van der Waals surface area (Å²) in [6.45, 7) is 1.34. The number of nitrogens with zero attached hydrogens (tertiary/aromatic N) is 4. The molecule has 1 aliphatic rings. The van der Waals surface area contributed by atoms with Crippen LogP contribution in [-0.2, 0) is 4.79 Å². The second-order valence-electron chi connectivity index (χ2n) is 7.57. The van der Waals surface area contributed by atoms with Gasteiger partial charge in [-0.1, -0.05) is 11.6 Å². The number of benzene rings is 2. The molecule has 2 heterocycles. The van der Waals surface area contributed by atoms with Gasteiger partial charge in [-0.2, -0.15) is 5.26 Å². The standard InChI is InChI=1S/C24H22ClN5O2/c1-32-20-8-5-16(6-9-20)21-12-23(28-15-27-21)30-10-2-3-18(14-30)24(31)29-22-11-19(25)7-4-17(22)13-26/h4-9,11-12,15,18H,2-3,10,14H2,1H3,(H,29,31). The molecule has 8 heteroatoms. The third-order valence-corrected chi connectivity index (χ3v) is 5.75. The molecule has 0 aliphatic carbocycles. The number of nitriles is 1. The lowest BCUT2D eigenvalue weighted by atomic mass is 9.96. The normalized spacial score (nSPS) is 15.7. The van der Waals surface area contributed by atoms with Crippen molar-refractivity contribution in [2.75, 3.05) is 30.4 Å². The number of hydrogen-bond acceptors (Lipinski definition) is 6. The fraction of sp³-hybridized carbons (Fsp3) is 0.250. The van der Waals surface area contributed by atoms with Crippen LogP contribution in [-0.4, -0.2) is 36.1 Å². The van der Waals surface area contributed by atoms with Crippen molar-refractivity contribution in [3.8, 4) is 23.1 Å². The zero-order valence-corrected chi connectivity index (χ0v) is 18.3. The van der Waals surface area contributed by atoms with Gasteiger partial charge in [0.05, 0.1) is 30.0 Å². The van der Waals surface area contributed by atoms with E-state index in [9.17, 15) is 10.1 Å². The maximum atomic E-state index is 12.9. The lowest BCUT2D eigenvalue weighted by molar-refractivity contribution is -0.120. The Morgan fingerprint density at radius 1 is 1.22 bits per heavy atom. The number of aromatic nitrogens is 2. The van der Waals surface area contributed by atoms with Gasteiger partial charge in [-0.3, -0.25) is 4.79 Å².